The molecule has 1 heteroatoms. The molecule has 0 aromatic carbocycles. The van der Waals surface area contributed by atoms with E-state index in [1.807, 2.05) is 0 Å². The van der Waals surface area contributed by atoms with E-state index < -0.39 is 0 Å². The minimum atomic E-state index is 0.287. The van der Waals surface area contributed by atoms with Crippen LogP contribution in [-0.4, -0.2) is 0 Å². The Balaban J connectivity index is 3.14. The monoisotopic (exact) mass is 184 g/mol. The summed E-state index contributed by atoms with van der Waals surface area (Å²) in [7, 11) is 0. The topological polar surface area (TPSA) is 0 Å². The third-order valence-electron chi connectivity index (χ3n) is 2.93. The fourth-order valence-corrected chi connectivity index (χ4v) is 2.35. The Hall–Kier alpha value is -0.190. The number of allylic oxidation sites excluding steroid dienone is 1. The van der Waals surface area contributed by atoms with Crippen LogP contribution >= 0.6 is 11.6 Å². The molecule has 0 spiro atoms. The first-order valence-corrected chi connectivity index (χ1v) is 4.90. The van der Waals surface area contributed by atoms with Crippen molar-refractivity contribution in [1.82, 2.24) is 0 Å². The van der Waals surface area contributed by atoms with Crippen LogP contribution in [0.5, 0.6) is 0 Å². The molecule has 0 radical (unpaired) electrons. The number of rotatable bonds is 0. The third-order valence-corrected chi connectivity index (χ3v) is 3.04. The Bertz CT molecular complexity index is 222. The fraction of sp³-hybridized carbons (Fsp3) is 0.727. The molecule has 0 aromatic heterocycles. The van der Waals surface area contributed by atoms with Crippen molar-refractivity contribution in [3.05, 3.63) is 16.8 Å². The average Bonchev–Trinajstić information content (AvgIpc) is 2.13. The third kappa shape index (κ3) is 1.60. The molecule has 0 nitrogen and oxygen atoms in total. The fourth-order valence-electron chi connectivity index (χ4n) is 2.24. The van der Waals surface area contributed by atoms with E-state index >= 15 is 0 Å². The molecule has 0 unspecified atom stereocenters. The predicted molar refractivity (Wildman–Crippen MR) is 54.2 cm³/mol. The summed E-state index contributed by atoms with van der Waals surface area (Å²) in [6.45, 7) is 9.07. The van der Waals surface area contributed by atoms with Gasteiger partial charge in [-0.15, -0.1) is 5.73 Å². The smallest absolute Gasteiger partial charge is 0.0462 e. The maximum atomic E-state index is 5.58. The Kier molecular flexibility index (Phi) is 2.42. The van der Waals surface area contributed by atoms with Crippen molar-refractivity contribution in [2.75, 3.05) is 0 Å². The first-order chi connectivity index (χ1) is 5.40. The van der Waals surface area contributed by atoms with E-state index in [4.69, 9.17) is 11.6 Å². The van der Waals surface area contributed by atoms with E-state index in [-0.39, 0.29) is 10.8 Å². The van der Waals surface area contributed by atoms with Crippen molar-refractivity contribution in [2.24, 2.45) is 10.8 Å². The molecule has 0 aliphatic heterocycles. The molecule has 1 rings (SSSR count). The van der Waals surface area contributed by atoms with Gasteiger partial charge in [-0.25, -0.2) is 0 Å². The molecule has 0 bridgehead atoms. The molecular formula is C11H17Cl. The Morgan fingerprint density at radius 2 is 1.58 bits per heavy atom. The molecule has 0 heterocycles. The van der Waals surface area contributed by atoms with Gasteiger partial charge in [-0.1, -0.05) is 39.3 Å². The highest BCUT2D eigenvalue weighted by molar-refractivity contribution is 6.25. The lowest BCUT2D eigenvalue weighted by Crippen LogP contribution is -2.15. The van der Waals surface area contributed by atoms with Gasteiger partial charge in [0.05, 0.1) is 0 Å². The quantitative estimate of drug-likeness (QED) is 0.497. The molecule has 68 valence electrons. The van der Waals surface area contributed by atoms with Gasteiger partial charge in [0.25, 0.3) is 0 Å². The van der Waals surface area contributed by atoms with E-state index in [1.54, 1.807) is 0 Å². The highest BCUT2D eigenvalue weighted by Crippen LogP contribution is 2.52. The number of hydrogen-bond acceptors (Lipinski definition) is 0. The minimum Gasteiger partial charge on any atom is -0.108 e. The van der Waals surface area contributed by atoms with Gasteiger partial charge >= 0.3 is 0 Å². The zero-order valence-electron chi connectivity index (χ0n) is 8.37. The van der Waals surface area contributed by atoms with Crippen LogP contribution in [-0.2, 0) is 0 Å². The summed E-state index contributed by atoms with van der Waals surface area (Å²) < 4.78 is 0. The summed E-state index contributed by atoms with van der Waals surface area (Å²) >= 11 is 5.58. The lowest BCUT2D eigenvalue weighted by atomic mass is 9.79. The predicted octanol–water partition coefficient (Wildman–Crippen LogP) is 4.11. The van der Waals surface area contributed by atoms with Crippen LogP contribution < -0.4 is 0 Å². The molecule has 0 aromatic rings. The van der Waals surface area contributed by atoms with Crippen LogP contribution in [0, 0.1) is 10.8 Å². The van der Waals surface area contributed by atoms with Crippen LogP contribution in [0.3, 0.4) is 0 Å². The number of hydrogen-bond donors (Lipinski definition) is 0. The highest BCUT2D eigenvalue weighted by atomic mass is 35.5. The second-order valence-electron chi connectivity index (χ2n) is 4.90. The largest absolute Gasteiger partial charge is 0.108 e. The van der Waals surface area contributed by atoms with E-state index in [0.717, 1.165) is 0 Å². The minimum absolute atomic E-state index is 0.287. The summed E-state index contributed by atoms with van der Waals surface area (Å²) in [5.74, 6) is 0. The summed E-state index contributed by atoms with van der Waals surface area (Å²) in [5.41, 5.74) is 6.64. The van der Waals surface area contributed by atoms with E-state index in [9.17, 15) is 0 Å². The molecule has 0 atom stereocenters. The van der Waals surface area contributed by atoms with Crippen molar-refractivity contribution < 1.29 is 0 Å². The van der Waals surface area contributed by atoms with Crippen molar-refractivity contribution in [3.8, 4) is 0 Å². The van der Waals surface area contributed by atoms with Crippen molar-refractivity contribution >= 4 is 11.6 Å². The van der Waals surface area contributed by atoms with Crippen LogP contribution in [0.1, 0.15) is 40.5 Å². The zero-order chi connectivity index (χ0) is 9.41. The number of halogens is 1. The second kappa shape index (κ2) is 2.94. The summed E-state index contributed by atoms with van der Waals surface area (Å²) in [5, 5.41) is 0. The summed E-state index contributed by atoms with van der Waals surface area (Å²) in [6.07, 6.45) is 2.49. The lowest BCUT2D eigenvalue weighted by Gasteiger charge is -2.25. The zero-order valence-corrected chi connectivity index (χ0v) is 9.13. The van der Waals surface area contributed by atoms with Gasteiger partial charge in [0, 0.05) is 5.54 Å². The van der Waals surface area contributed by atoms with Crippen molar-refractivity contribution in [2.45, 2.75) is 40.5 Å². The van der Waals surface area contributed by atoms with Gasteiger partial charge in [-0.2, -0.15) is 0 Å². The first-order valence-electron chi connectivity index (χ1n) is 4.46. The van der Waals surface area contributed by atoms with E-state index in [2.05, 4.69) is 33.4 Å². The van der Waals surface area contributed by atoms with Gasteiger partial charge < -0.3 is 0 Å². The van der Waals surface area contributed by atoms with Gasteiger partial charge in [0.15, 0.2) is 0 Å². The molecule has 0 N–H and O–H groups in total. The highest BCUT2D eigenvalue weighted by Gasteiger charge is 2.41. The van der Waals surface area contributed by atoms with Gasteiger partial charge in [0.2, 0.25) is 0 Å². The van der Waals surface area contributed by atoms with E-state index in [0.29, 0.717) is 0 Å². The Labute approximate surface area is 80.3 Å². The van der Waals surface area contributed by atoms with Gasteiger partial charge in [-0.05, 0) is 29.2 Å². The van der Waals surface area contributed by atoms with Crippen molar-refractivity contribution in [1.29, 1.82) is 0 Å². The molecule has 0 saturated heterocycles. The SMILES string of the molecule is CC1(C)CCC(C)(C)C1=C=CCl. The standard InChI is InChI=1S/C11H17Cl/c1-10(2)6-7-11(3,4)9(10)5-8-12/h8H,6-7H2,1-4H3. The molecule has 1 aliphatic rings. The van der Waals surface area contributed by atoms with Crippen LogP contribution in [0.25, 0.3) is 0 Å². The van der Waals surface area contributed by atoms with Crippen molar-refractivity contribution in [3.63, 3.8) is 0 Å². The van der Waals surface area contributed by atoms with Crippen LogP contribution in [0.15, 0.2) is 16.8 Å². The van der Waals surface area contributed by atoms with Crippen LogP contribution in [0.4, 0.5) is 0 Å². The van der Waals surface area contributed by atoms with Crippen LogP contribution in [0.2, 0.25) is 0 Å². The molecule has 1 aliphatic carbocycles. The molecular weight excluding hydrogens is 168 g/mol. The molecule has 1 fully saturated rings. The normalized spacial score (nSPS) is 25.2. The molecule has 12 heavy (non-hydrogen) atoms. The first kappa shape index (κ1) is 9.89. The summed E-state index contributed by atoms with van der Waals surface area (Å²) in [6, 6.07) is 0. The Morgan fingerprint density at radius 3 is 1.92 bits per heavy atom. The van der Waals surface area contributed by atoms with E-state index in [1.165, 1.54) is 23.9 Å². The Morgan fingerprint density at radius 1 is 1.17 bits per heavy atom. The van der Waals surface area contributed by atoms with Gasteiger partial charge in [0.1, 0.15) is 0 Å². The lowest BCUT2D eigenvalue weighted by molar-refractivity contribution is 0.446. The second-order valence-corrected chi connectivity index (χ2v) is 5.11. The average molecular weight is 185 g/mol. The summed E-state index contributed by atoms with van der Waals surface area (Å²) in [4.78, 5) is 0. The molecule has 0 amide bonds. The van der Waals surface area contributed by atoms with Gasteiger partial charge in [-0.3, -0.25) is 0 Å². The molecule has 1 saturated carbocycles. The maximum Gasteiger partial charge on any atom is 0.0462 e. The maximum absolute atomic E-state index is 5.58.